The van der Waals surface area contributed by atoms with Crippen LogP contribution in [0.25, 0.3) is 0 Å². The van der Waals surface area contributed by atoms with Gasteiger partial charge in [0.25, 0.3) is 11.8 Å². The number of thiophene rings is 1. The lowest BCUT2D eigenvalue weighted by atomic mass is 10.0. The van der Waals surface area contributed by atoms with E-state index < -0.39 is 12.0 Å². The highest BCUT2D eigenvalue weighted by atomic mass is 32.1. The molecule has 0 radical (unpaired) electrons. The zero-order chi connectivity index (χ0) is 18.7. The first-order chi connectivity index (χ1) is 12.5. The maximum Gasteiger partial charge on any atom is 0.326 e. The molecule has 6 nitrogen and oxygen atoms in total. The van der Waals surface area contributed by atoms with Crippen LogP contribution >= 0.6 is 11.3 Å². The molecule has 1 atom stereocenters. The lowest BCUT2D eigenvalue weighted by Crippen LogP contribution is -2.48. The summed E-state index contributed by atoms with van der Waals surface area (Å²) in [6.07, 6.45) is 2.07. The van der Waals surface area contributed by atoms with E-state index in [0.29, 0.717) is 29.1 Å². The predicted molar refractivity (Wildman–Crippen MR) is 99.8 cm³/mol. The number of carbonyl (C=O) groups is 3. The van der Waals surface area contributed by atoms with Gasteiger partial charge in [-0.25, -0.2) is 4.79 Å². The highest BCUT2D eigenvalue weighted by Crippen LogP contribution is 2.22. The van der Waals surface area contributed by atoms with Crippen molar-refractivity contribution in [1.82, 2.24) is 4.90 Å². The number of hydrogen-bond acceptors (Lipinski definition) is 4. The number of rotatable bonds is 4. The number of amides is 2. The number of aryl methyl sites for hydroxylation is 1. The van der Waals surface area contributed by atoms with Crippen molar-refractivity contribution in [2.24, 2.45) is 0 Å². The Hall–Kier alpha value is -2.67. The second-order valence-corrected chi connectivity index (χ2v) is 7.58. The summed E-state index contributed by atoms with van der Waals surface area (Å²) in [5, 5.41) is 12.1. The Labute approximate surface area is 155 Å². The molecule has 136 valence electrons. The van der Waals surface area contributed by atoms with Gasteiger partial charge in [-0.1, -0.05) is 6.07 Å². The average molecular weight is 372 g/mol. The Morgan fingerprint density at radius 1 is 1.19 bits per heavy atom. The Kier molecular flexibility index (Phi) is 5.37. The topological polar surface area (TPSA) is 86.7 Å². The second kappa shape index (κ2) is 7.70. The lowest BCUT2D eigenvalue weighted by Gasteiger charge is -2.33. The standard InChI is InChI=1S/C19H20N2O4S/c1-12-8-9-16(26-12)17(22)20-14-6-4-5-13(11-14)18(23)21-10-3-2-7-15(21)19(24)25/h4-6,8-9,11,15H,2-3,7,10H2,1H3,(H,20,22)(H,24,25). The van der Waals surface area contributed by atoms with Crippen LogP contribution in [0.1, 0.15) is 44.2 Å². The number of nitrogens with zero attached hydrogens (tertiary/aromatic N) is 1. The van der Waals surface area contributed by atoms with Crippen molar-refractivity contribution in [1.29, 1.82) is 0 Å². The number of piperidine rings is 1. The summed E-state index contributed by atoms with van der Waals surface area (Å²) in [7, 11) is 0. The van der Waals surface area contributed by atoms with Gasteiger partial charge in [-0.2, -0.15) is 0 Å². The normalized spacial score (nSPS) is 17.0. The molecule has 7 heteroatoms. The summed E-state index contributed by atoms with van der Waals surface area (Å²) in [5.74, 6) is -1.52. The van der Waals surface area contributed by atoms with Crippen molar-refractivity contribution in [3.05, 3.63) is 51.7 Å². The third kappa shape index (κ3) is 3.94. The number of benzene rings is 1. The second-order valence-electron chi connectivity index (χ2n) is 6.29. The van der Waals surface area contributed by atoms with Crippen LogP contribution in [0.5, 0.6) is 0 Å². The maximum absolute atomic E-state index is 12.8. The molecule has 2 N–H and O–H groups in total. The van der Waals surface area contributed by atoms with E-state index in [0.717, 1.165) is 17.7 Å². The minimum atomic E-state index is -0.976. The summed E-state index contributed by atoms with van der Waals surface area (Å²) < 4.78 is 0. The molecule has 1 unspecified atom stereocenters. The lowest BCUT2D eigenvalue weighted by molar-refractivity contribution is -0.143. The Balaban J connectivity index is 1.77. The first-order valence-corrected chi connectivity index (χ1v) is 9.29. The van der Waals surface area contributed by atoms with E-state index in [9.17, 15) is 19.5 Å². The van der Waals surface area contributed by atoms with Crippen LogP contribution in [0.2, 0.25) is 0 Å². The molecule has 2 heterocycles. The van der Waals surface area contributed by atoms with Crippen molar-refractivity contribution in [3.63, 3.8) is 0 Å². The molecule has 0 aliphatic carbocycles. The predicted octanol–water partition coefficient (Wildman–Crippen LogP) is 3.39. The number of carboxylic acid groups (broad SMARTS) is 1. The van der Waals surface area contributed by atoms with Crippen molar-refractivity contribution in [3.8, 4) is 0 Å². The van der Waals surface area contributed by atoms with Gasteiger partial charge in [0.2, 0.25) is 0 Å². The average Bonchev–Trinajstić information content (AvgIpc) is 3.08. The molecule has 2 aromatic rings. The van der Waals surface area contributed by atoms with Crippen LogP contribution in [-0.2, 0) is 4.79 Å². The zero-order valence-electron chi connectivity index (χ0n) is 14.4. The number of hydrogen-bond donors (Lipinski definition) is 2. The summed E-state index contributed by atoms with van der Waals surface area (Å²) in [4.78, 5) is 39.5. The van der Waals surface area contributed by atoms with Crippen molar-refractivity contribution < 1.29 is 19.5 Å². The number of nitrogens with one attached hydrogen (secondary N) is 1. The van der Waals surface area contributed by atoms with Crippen molar-refractivity contribution >= 4 is 34.8 Å². The van der Waals surface area contributed by atoms with Gasteiger partial charge in [-0.05, 0) is 56.5 Å². The highest BCUT2D eigenvalue weighted by Gasteiger charge is 2.32. The molecule has 1 aliphatic heterocycles. The fraction of sp³-hybridized carbons (Fsp3) is 0.316. The van der Waals surface area contributed by atoms with Crippen LogP contribution in [-0.4, -0.2) is 40.4 Å². The summed E-state index contributed by atoms with van der Waals surface area (Å²) in [6, 6.07) is 9.47. The molecule has 1 aromatic heterocycles. The van der Waals surface area contributed by atoms with Gasteiger partial charge in [0.05, 0.1) is 4.88 Å². The Morgan fingerprint density at radius 3 is 2.69 bits per heavy atom. The van der Waals surface area contributed by atoms with E-state index in [1.165, 1.54) is 16.2 Å². The molecule has 2 amide bonds. The molecule has 0 bridgehead atoms. The number of carboxylic acids is 1. The quantitative estimate of drug-likeness (QED) is 0.861. The first-order valence-electron chi connectivity index (χ1n) is 8.47. The fourth-order valence-electron chi connectivity index (χ4n) is 3.08. The molecule has 1 aliphatic rings. The molecular weight excluding hydrogens is 352 g/mol. The summed E-state index contributed by atoms with van der Waals surface area (Å²) >= 11 is 1.40. The van der Waals surface area contributed by atoms with Gasteiger partial charge < -0.3 is 15.3 Å². The van der Waals surface area contributed by atoms with Gasteiger partial charge in [-0.3, -0.25) is 9.59 Å². The van der Waals surface area contributed by atoms with E-state index in [1.54, 1.807) is 30.3 Å². The molecule has 0 saturated carbocycles. The fourth-order valence-corrected chi connectivity index (χ4v) is 3.84. The van der Waals surface area contributed by atoms with Crippen LogP contribution in [0.15, 0.2) is 36.4 Å². The summed E-state index contributed by atoms with van der Waals surface area (Å²) in [5.41, 5.74) is 0.883. The monoisotopic (exact) mass is 372 g/mol. The van der Waals surface area contributed by atoms with Gasteiger partial charge in [0.1, 0.15) is 6.04 Å². The van der Waals surface area contributed by atoms with Gasteiger partial charge in [0, 0.05) is 22.7 Å². The van der Waals surface area contributed by atoms with E-state index >= 15 is 0 Å². The number of aliphatic carboxylic acids is 1. The minimum Gasteiger partial charge on any atom is -0.480 e. The molecule has 1 aromatic carbocycles. The first kappa shape index (κ1) is 18.1. The third-order valence-electron chi connectivity index (χ3n) is 4.38. The van der Waals surface area contributed by atoms with Gasteiger partial charge >= 0.3 is 5.97 Å². The van der Waals surface area contributed by atoms with Crippen LogP contribution in [0, 0.1) is 6.92 Å². The molecule has 1 fully saturated rings. The van der Waals surface area contributed by atoms with Crippen LogP contribution < -0.4 is 5.32 Å². The van der Waals surface area contributed by atoms with Crippen molar-refractivity contribution in [2.45, 2.75) is 32.2 Å². The molecule has 3 rings (SSSR count). The molecular formula is C19H20N2O4S. The molecule has 0 spiro atoms. The Morgan fingerprint density at radius 2 is 2.00 bits per heavy atom. The van der Waals surface area contributed by atoms with E-state index in [1.807, 2.05) is 13.0 Å². The molecule has 1 saturated heterocycles. The highest BCUT2D eigenvalue weighted by molar-refractivity contribution is 7.14. The zero-order valence-corrected chi connectivity index (χ0v) is 15.2. The van der Waals surface area contributed by atoms with E-state index in [-0.39, 0.29) is 11.8 Å². The SMILES string of the molecule is Cc1ccc(C(=O)Nc2cccc(C(=O)N3CCCCC3C(=O)O)c2)s1. The molecule has 26 heavy (non-hydrogen) atoms. The largest absolute Gasteiger partial charge is 0.480 e. The Bertz CT molecular complexity index is 846. The van der Waals surface area contributed by atoms with Crippen LogP contribution in [0.4, 0.5) is 5.69 Å². The number of carbonyl (C=O) groups excluding carboxylic acids is 2. The maximum atomic E-state index is 12.8. The van der Waals surface area contributed by atoms with Crippen LogP contribution in [0.3, 0.4) is 0 Å². The summed E-state index contributed by atoms with van der Waals surface area (Å²) in [6.45, 7) is 2.36. The third-order valence-corrected chi connectivity index (χ3v) is 5.38. The van der Waals surface area contributed by atoms with Gasteiger partial charge in [-0.15, -0.1) is 11.3 Å². The van der Waals surface area contributed by atoms with Crippen molar-refractivity contribution in [2.75, 3.05) is 11.9 Å². The minimum absolute atomic E-state index is 0.228. The smallest absolute Gasteiger partial charge is 0.326 e. The van der Waals surface area contributed by atoms with Gasteiger partial charge in [0.15, 0.2) is 0 Å². The number of likely N-dealkylation sites (tertiary alicyclic amines) is 1. The van der Waals surface area contributed by atoms with E-state index in [2.05, 4.69) is 5.32 Å². The number of anilines is 1. The van der Waals surface area contributed by atoms with E-state index in [4.69, 9.17) is 0 Å².